The third-order valence-corrected chi connectivity index (χ3v) is 4.27. The minimum Gasteiger partial charge on any atom is -0.395 e. The van der Waals surface area contributed by atoms with Gasteiger partial charge in [-0.25, -0.2) is 0 Å². The standard InChI is InChI=1S/C13H26N2O/c1-10(2)13(9-16)14-11-5-7-15-6-3-4-12(15)8-11/h10-14,16H,3-9H2,1-2H3/t11?,12?,13-/m1/s1. The van der Waals surface area contributed by atoms with E-state index in [0.717, 1.165) is 6.04 Å². The van der Waals surface area contributed by atoms with E-state index >= 15 is 0 Å². The van der Waals surface area contributed by atoms with Crippen LogP contribution in [0.1, 0.15) is 39.5 Å². The van der Waals surface area contributed by atoms with E-state index in [4.69, 9.17) is 0 Å². The molecule has 0 aromatic carbocycles. The van der Waals surface area contributed by atoms with E-state index < -0.39 is 0 Å². The van der Waals surface area contributed by atoms with E-state index in [1.54, 1.807) is 0 Å². The van der Waals surface area contributed by atoms with Gasteiger partial charge in [0.05, 0.1) is 6.61 Å². The Morgan fingerprint density at radius 1 is 1.31 bits per heavy atom. The van der Waals surface area contributed by atoms with Crippen LogP contribution in [0.15, 0.2) is 0 Å². The van der Waals surface area contributed by atoms with E-state index in [1.165, 1.54) is 38.8 Å². The Morgan fingerprint density at radius 2 is 2.12 bits per heavy atom. The minimum atomic E-state index is 0.266. The first kappa shape index (κ1) is 12.3. The summed E-state index contributed by atoms with van der Waals surface area (Å²) < 4.78 is 0. The molecule has 0 bridgehead atoms. The molecular formula is C13H26N2O. The molecule has 2 N–H and O–H groups in total. The highest BCUT2D eigenvalue weighted by molar-refractivity contribution is 4.90. The van der Waals surface area contributed by atoms with Crippen molar-refractivity contribution in [3.63, 3.8) is 0 Å². The van der Waals surface area contributed by atoms with E-state index in [1.807, 2.05) is 0 Å². The molecule has 2 saturated heterocycles. The van der Waals surface area contributed by atoms with Gasteiger partial charge < -0.3 is 15.3 Å². The summed E-state index contributed by atoms with van der Waals surface area (Å²) in [6, 6.07) is 1.72. The number of piperidine rings is 1. The second kappa shape index (κ2) is 5.48. The first-order chi connectivity index (χ1) is 7.70. The summed E-state index contributed by atoms with van der Waals surface area (Å²) in [4.78, 5) is 2.64. The minimum absolute atomic E-state index is 0.266. The van der Waals surface area contributed by atoms with E-state index in [-0.39, 0.29) is 12.6 Å². The molecule has 0 radical (unpaired) electrons. The van der Waals surface area contributed by atoms with Crippen molar-refractivity contribution >= 4 is 0 Å². The number of nitrogens with one attached hydrogen (secondary N) is 1. The molecule has 94 valence electrons. The molecule has 3 heteroatoms. The molecule has 2 aliphatic rings. The maximum Gasteiger partial charge on any atom is 0.0587 e. The van der Waals surface area contributed by atoms with Crippen molar-refractivity contribution in [2.24, 2.45) is 5.92 Å². The van der Waals surface area contributed by atoms with Gasteiger partial charge in [0.25, 0.3) is 0 Å². The molecule has 0 aromatic rings. The molecule has 0 spiro atoms. The predicted octanol–water partition coefficient (Wildman–Crippen LogP) is 1.22. The van der Waals surface area contributed by atoms with Gasteiger partial charge in [-0.3, -0.25) is 0 Å². The quantitative estimate of drug-likeness (QED) is 0.756. The van der Waals surface area contributed by atoms with Gasteiger partial charge in [0.1, 0.15) is 0 Å². The topological polar surface area (TPSA) is 35.5 Å². The molecule has 2 rings (SSSR count). The zero-order valence-corrected chi connectivity index (χ0v) is 10.7. The van der Waals surface area contributed by atoms with Crippen LogP contribution < -0.4 is 5.32 Å². The molecule has 0 amide bonds. The summed E-state index contributed by atoms with van der Waals surface area (Å²) in [5.74, 6) is 0.520. The molecule has 2 heterocycles. The van der Waals surface area contributed by atoms with Crippen LogP contribution in [0.4, 0.5) is 0 Å². The predicted molar refractivity (Wildman–Crippen MR) is 66.5 cm³/mol. The summed E-state index contributed by atoms with van der Waals surface area (Å²) in [5.41, 5.74) is 0. The number of aliphatic hydroxyl groups is 1. The molecule has 2 unspecified atom stereocenters. The highest BCUT2D eigenvalue weighted by Gasteiger charge is 2.32. The first-order valence-corrected chi connectivity index (χ1v) is 6.81. The Morgan fingerprint density at radius 3 is 2.81 bits per heavy atom. The zero-order chi connectivity index (χ0) is 11.5. The summed E-state index contributed by atoms with van der Waals surface area (Å²) in [5, 5.41) is 13.0. The fraction of sp³-hybridized carbons (Fsp3) is 1.00. The second-order valence-corrected chi connectivity index (χ2v) is 5.75. The highest BCUT2D eigenvalue weighted by Crippen LogP contribution is 2.27. The van der Waals surface area contributed by atoms with E-state index in [9.17, 15) is 5.11 Å². The fourth-order valence-corrected chi connectivity index (χ4v) is 3.13. The van der Waals surface area contributed by atoms with Crippen LogP contribution in [0.5, 0.6) is 0 Å². The van der Waals surface area contributed by atoms with Crippen LogP contribution in [0.2, 0.25) is 0 Å². The maximum absolute atomic E-state index is 9.34. The third-order valence-electron chi connectivity index (χ3n) is 4.27. The van der Waals surface area contributed by atoms with Gasteiger partial charge in [-0.15, -0.1) is 0 Å². The Hall–Kier alpha value is -0.120. The van der Waals surface area contributed by atoms with Crippen molar-refractivity contribution < 1.29 is 5.11 Å². The molecular weight excluding hydrogens is 200 g/mol. The van der Waals surface area contributed by atoms with Crippen LogP contribution in [0.3, 0.4) is 0 Å². The van der Waals surface area contributed by atoms with E-state index in [2.05, 4.69) is 24.1 Å². The SMILES string of the molecule is CC(C)[C@@H](CO)NC1CCN2CCCC2C1. The summed E-state index contributed by atoms with van der Waals surface area (Å²) in [7, 11) is 0. The summed E-state index contributed by atoms with van der Waals surface area (Å²) in [6.45, 7) is 7.18. The molecule has 3 nitrogen and oxygen atoms in total. The van der Waals surface area contributed by atoms with Crippen molar-refractivity contribution in [1.29, 1.82) is 0 Å². The number of aliphatic hydroxyl groups excluding tert-OH is 1. The van der Waals surface area contributed by atoms with Gasteiger partial charge in [-0.1, -0.05) is 13.8 Å². The highest BCUT2D eigenvalue weighted by atomic mass is 16.3. The van der Waals surface area contributed by atoms with Gasteiger partial charge in [-0.05, 0) is 44.7 Å². The molecule has 2 aliphatic heterocycles. The average molecular weight is 226 g/mol. The lowest BCUT2D eigenvalue weighted by Crippen LogP contribution is -2.50. The van der Waals surface area contributed by atoms with Crippen molar-refractivity contribution in [2.45, 2.75) is 57.7 Å². The Labute approximate surface area is 99.2 Å². The number of hydrogen-bond acceptors (Lipinski definition) is 3. The lowest BCUT2D eigenvalue weighted by Gasteiger charge is -2.37. The van der Waals surface area contributed by atoms with Crippen LogP contribution in [-0.4, -0.2) is 47.8 Å². The number of hydrogen-bond donors (Lipinski definition) is 2. The van der Waals surface area contributed by atoms with Gasteiger partial charge >= 0.3 is 0 Å². The van der Waals surface area contributed by atoms with Crippen molar-refractivity contribution in [3.8, 4) is 0 Å². The maximum atomic E-state index is 9.34. The van der Waals surface area contributed by atoms with Gasteiger partial charge in [0.15, 0.2) is 0 Å². The van der Waals surface area contributed by atoms with Crippen molar-refractivity contribution in [1.82, 2.24) is 10.2 Å². The Kier molecular flexibility index (Phi) is 4.22. The van der Waals surface area contributed by atoms with Crippen LogP contribution >= 0.6 is 0 Å². The average Bonchev–Trinajstić information content (AvgIpc) is 2.72. The van der Waals surface area contributed by atoms with Crippen LogP contribution in [0, 0.1) is 5.92 Å². The molecule has 0 aromatic heterocycles. The van der Waals surface area contributed by atoms with Gasteiger partial charge in [-0.2, -0.15) is 0 Å². The van der Waals surface area contributed by atoms with Crippen LogP contribution in [0.25, 0.3) is 0 Å². The van der Waals surface area contributed by atoms with Crippen molar-refractivity contribution in [3.05, 3.63) is 0 Å². The lowest BCUT2D eigenvalue weighted by molar-refractivity contribution is 0.137. The molecule has 0 aliphatic carbocycles. The van der Waals surface area contributed by atoms with Gasteiger partial charge in [0, 0.05) is 18.1 Å². The number of rotatable bonds is 4. The first-order valence-electron chi connectivity index (χ1n) is 6.81. The lowest BCUT2D eigenvalue weighted by atomic mass is 9.95. The normalized spacial score (nSPS) is 33.0. The molecule has 3 atom stereocenters. The molecule has 0 saturated carbocycles. The Balaban J connectivity index is 1.82. The van der Waals surface area contributed by atoms with Crippen LogP contribution in [-0.2, 0) is 0 Å². The summed E-state index contributed by atoms with van der Waals surface area (Å²) >= 11 is 0. The fourth-order valence-electron chi connectivity index (χ4n) is 3.13. The third kappa shape index (κ3) is 2.76. The smallest absolute Gasteiger partial charge is 0.0587 e. The zero-order valence-electron chi connectivity index (χ0n) is 10.7. The van der Waals surface area contributed by atoms with E-state index in [0.29, 0.717) is 12.0 Å². The van der Waals surface area contributed by atoms with Crippen molar-refractivity contribution in [2.75, 3.05) is 19.7 Å². The second-order valence-electron chi connectivity index (χ2n) is 5.75. The monoisotopic (exact) mass is 226 g/mol. The molecule has 2 fully saturated rings. The largest absolute Gasteiger partial charge is 0.395 e. The van der Waals surface area contributed by atoms with Gasteiger partial charge in [0.2, 0.25) is 0 Å². The number of nitrogens with zero attached hydrogens (tertiary/aromatic N) is 1. The summed E-state index contributed by atoms with van der Waals surface area (Å²) in [6.07, 6.45) is 5.29. The Bertz CT molecular complexity index is 220. The number of fused-ring (bicyclic) bond motifs is 1. The molecule has 16 heavy (non-hydrogen) atoms.